The van der Waals surface area contributed by atoms with Crippen LogP contribution in [0.4, 0.5) is 0 Å². The first-order valence-electron chi connectivity index (χ1n) is 6.71. The van der Waals surface area contributed by atoms with Crippen LogP contribution in [0.1, 0.15) is 39.4 Å². The first-order chi connectivity index (χ1) is 9.77. The molecule has 4 nitrogen and oxygen atoms in total. The average molecular weight is 266 g/mol. The molecule has 0 amide bonds. The molecule has 1 aliphatic rings. The van der Waals surface area contributed by atoms with E-state index in [1.807, 2.05) is 18.2 Å². The molecular weight excluding hydrogens is 252 g/mol. The van der Waals surface area contributed by atoms with Crippen molar-refractivity contribution in [3.63, 3.8) is 0 Å². The lowest BCUT2D eigenvalue weighted by Gasteiger charge is -2.11. The van der Waals surface area contributed by atoms with Gasteiger partial charge in [0.15, 0.2) is 11.6 Å². The number of ketones is 2. The van der Waals surface area contributed by atoms with Crippen molar-refractivity contribution >= 4 is 11.6 Å². The zero-order chi connectivity index (χ0) is 13.9. The van der Waals surface area contributed by atoms with Crippen LogP contribution in [0.25, 0.3) is 0 Å². The van der Waals surface area contributed by atoms with E-state index in [4.69, 9.17) is 0 Å². The number of carbonyl (C=O) groups is 2. The van der Waals surface area contributed by atoms with Gasteiger partial charge in [0.25, 0.3) is 0 Å². The zero-order valence-electron chi connectivity index (χ0n) is 11.0. The Morgan fingerprint density at radius 2 is 1.85 bits per heavy atom. The summed E-state index contributed by atoms with van der Waals surface area (Å²) >= 11 is 0. The van der Waals surface area contributed by atoms with Gasteiger partial charge in [0.2, 0.25) is 5.78 Å². The van der Waals surface area contributed by atoms with Crippen LogP contribution in [-0.4, -0.2) is 21.5 Å². The molecule has 0 fully saturated rings. The van der Waals surface area contributed by atoms with Crippen LogP contribution in [0, 0.1) is 5.92 Å². The first kappa shape index (κ1) is 12.7. The number of benzene rings is 1. The van der Waals surface area contributed by atoms with E-state index < -0.39 is 5.92 Å². The molecule has 0 saturated carbocycles. The zero-order valence-corrected chi connectivity index (χ0v) is 11.0. The summed E-state index contributed by atoms with van der Waals surface area (Å²) in [7, 11) is 0. The number of hydrogen-bond donors (Lipinski definition) is 0. The van der Waals surface area contributed by atoms with Gasteiger partial charge in [0, 0.05) is 18.0 Å². The number of hydrogen-bond acceptors (Lipinski definition) is 4. The largest absolute Gasteiger partial charge is 0.293 e. The van der Waals surface area contributed by atoms with Crippen molar-refractivity contribution in [2.45, 2.75) is 19.3 Å². The summed E-state index contributed by atoms with van der Waals surface area (Å²) in [6.45, 7) is 0. The minimum absolute atomic E-state index is 0.101. The minimum Gasteiger partial charge on any atom is -0.293 e. The van der Waals surface area contributed by atoms with Crippen LogP contribution in [0.2, 0.25) is 0 Å². The molecule has 0 N–H and O–H groups in total. The summed E-state index contributed by atoms with van der Waals surface area (Å²) < 4.78 is 0. The number of fused-ring (bicyclic) bond motifs is 1. The summed E-state index contributed by atoms with van der Waals surface area (Å²) in [6.07, 6.45) is 5.27. The lowest BCUT2D eigenvalue weighted by molar-refractivity contribution is 0.0795. The van der Waals surface area contributed by atoms with Crippen LogP contribution >= 0.6 is 0 Å². The topological polar surface area (TPSA) is 59.9 Å². The second-order valence-corrected chi connectivity index (χ2v) is 4.90. The van der Waals surface area contributed by atoms with Crippen molar-refractivity contribution in [2.75, 3.05) is 0 Å². The molecule has 100 valence electrons. The number of rotatable bonds is 2. The number of aromatic nitrogens is 2. The van der Waals surface area contributed by atoms with Gasteiger partial charge in [0.05, 0.1) is 5.92 Å². The maximum atomic E-state index is 12.6. The maximum Gasteiger partial charge on any atom is 0.210 e. The van der Waals surface area contributed by atoms with Crippen molar-refractivity contribution in [3.05, 3.63) is 59.7 Å². The molecule has 1 aliphatic carbocycles. The van der Waals surface area contributed by atoms with E-state index in [2.05, 4.69) is 9.97 Å². The number of carbonyl (C=O) groups excluding carboxylic acids is 2. The van der Waals surface area contributed by atoms with Gasteiger partial charge in [-0.15, -0.1) is 0 Å². The fraction of sp³-hybridized carbons (Fsp3) is 0.250. The summed E-state index contributed by atoms with van der Waals surface area (Å²) in [6, 6.07) is 9.17. The molecule has 1 heterocycles. The van der Waals surface area contributed by atoms with Crippen LogP contribution in [0.5, 0.6) is 0 Å². The highest BCUT2D eigenvalue weighted by atomic mass is 16.2. The predicted molar refractivity (Wildman–Crippen MR) is 73.6 cm³/mol. The smallest absolute Gasteiger partial charge is 0.210 e. The third-order valence-electron chi connectivity index (χ3n) is 3.64. The Kier molecular flexibility index (Phi) is 3.37. The van der Waals surface area contributed by atoms with E-state index in [1.165, 1.54) is 12.4 Å². The van der Waals surface area contributed by atoms with Crippen molar-refractivity contribution in [2.24, 2.45) is 5.92 Å². The fourth-order valence-electron chi connectivity index (χ4n) is 2.63. The van der Waals surface area contributed by atoms with Crippen molar-refractivity contribution in [1.82, 2.24) is 9.97 Å². The van der Waals surface area contributed by atoms with E-state index in [9.17, 15) is 9.59 Å². The van der Waals surface area contributed by atoms with Crippen molar-refractivity contribution in [3.8, 4) is 0 Å². The standard InChI is InChI=1S/C16H14N2O2/c19-14-12-7-2-1-5-11(12)6-3-8-13(14)15(20)16-17-9-4-10-18-16/h1-2,4-5,7,9-10,13H,3,6,8H2. The maximum absolute atomic E-state index is 12.6. The normalized spacial score (nSPS) is 18.2. The SMILES string of the molecule is O=C(c1ncccn1)C1CCCc2ccccc2C1=O. The number of Topliss-reactive ketones (excluding diaryl/α,β-unsaturated/α-hetero) is 2. The summed E-state index contributed by atoms with van der Waals surface area (Å²) in [5, 5.41) is 0. The number of nitrogens with zero attached hydrogens (tertiary/aromatic N) is 2. The molecule has 2 aromatic rings. The van der Waals surface area contributed by atoms with Gasteiger partial charge in [-0.2, -0.15) is 0 Å². The van der Waals surface area contributed by atoms with Gasteiger partial charge in [-0.25, -0.2) is 9.97 Å². The molecule has 0 radical (unpaired) electrons. The molecule has 3 rings (SSSR count). The van der Waals surface area contributed by atoms with Crippen LogP contribution < -0.4 is 0 Å². The van der Waals surface area contributed by atoms with E-state index >= 15 is 0 Å². The van der Waals surface area contributed by atoms with E-state index in [0.29, 0.717) is 12.0 Å². The lowest BCUT2D eigenvalue weighted by Crippen LogP contribution is -2.25. The highest BCUT2D eigenvalue weighted by Gasteiger charge is 2.32. The Morgan fingerprint density at radius 1 is 1.10 bits per heavy atom. The molecule has 4 heteroatoms. The molecule has 20 heavy (non-hydrogen) atoms. The molecule has 1 aromatic carbocycles. The fourth-order valence-corrected chi connectivity index (χ4v) is 2.63. The van der Waals surface area contributed by atoms with E-state index in [0.717, 1.165) is 18.4 Å². The molecular formula is C16H14N2O2. The highest BCUT2D eigenvalue weighted by Crippen LogP contribution is 2.26. The summed E-state index contributed by atoms with van der Waals surface area (Å²) in [4.78, 5) is 32.9. The summed E-state index contributed by atoms with van der Waals surface area (Å²) in [5.41, 5.74) is 1.70. The van der Waals surface area contributed by atoms with E-state index in [-0.39, 0.29) is 17.4 Å². The molecule has 1 unspecified atom stereocenters. The first-order valence-corrected chi connectivity index (χ1v) is 6.71. The van der Waals surface area contributed by atoms with Gasteiger partial charge in [-0.1, -0.05) is 24.3 Å². The molecule has 0 saturated heterocycles. The van der Waals surface area contributed by atoms with Gasteiger partial charge in [-0.3, -0.25) is 9.59 Å². The Hall–Kier alpha value is -2.36. The third kappa shape index (κ3) is 2.25. The van der Waals surface area contributed by atoms with Gasteiger partial charge in [0.1, 0.15) is 0 Å². The third-order valence-corrected chi connectivity index (χ3v) is 3.64. The van der Waals surface area contributed by atoms with Gasteiger partial charge < -0.3 is 0 Å². The van der Waals surface area contributed by atoms with Crippen molar-refractivity contribution < 1.29 is 9.59 Å². The van der Waals surface area contributed by atoms with Crippen molar-refractivity contribution in [1.29, 1.82) is 0 Å². The molecule has 0 aliphatic heterocycles. The van der Waals surface area contributed by atoms with Gasteiger partial charge in [-0.05, 0) is 30.9 Å². The number of aryl methyl sites for hydroxylation is 1. The molecule has 1 aromatic heterocycles. The van der Waals surface area contributed by atoms with E-state index in [1.54, 1.807) is 12.1 Å². The Bertz CT molecular complexity index is 653. The molecule has 0 bridgehead atoms. The Balaban J connectivity index is 1.95. The van der Waals surface area contributed by atoms with Crippen LogP contribution in [-0.2, 0) is 6.42 Å². The predicted octanol–water partition coefficient (Wildman–Crippen LogP) is 2.49. The van der Waals surface area contributed by atoms with Crippen LogP contribution in [0.3, 0.4) is 0 Å². The quantitative estimate of drug-likeness (QED) is 0.476. The monoisotopic (exact) mass is 266 g/mol. The second-order valence-electron chi connectivity index (χ2n) is 4.90. The summed E-state index contributed by atoms with van der Waals surface area (Å²) in [5.74, 6) is -0.894. The molecule has 1 atom stereocenters. The second kappa shape index (κ2) is 5.33. The highest BCUT2D eigenvalue weighted by molar-refractivity contribution is 6.15. The van der Waals surface area contributed by atoms with Crippen LogP contribution in [0.15, 0.2) is 42.7 Å². The average Bonchev–Trinajstić information content (AvgIpc) is 2.67. The minimum atomic E-state index is -0.652. The van der Waals surface area contributed by atoms with Gasteiger partial charge >= 0.3 is 0 Å². The molecule has 0 spiro atoms. The Morgan fingerprint density at radius 3 is 2.65 bits per heavy atom. The Labute approximate surface area is 116 Å². The lowest BCUT2D eigenvalue weighted by atomic mass is 9.91.